The highest BCUT2D eigenvalue weighted by molar-refractivity contribution is 5.97. The topological polar surface area (TPSA) is 89.9 Å². The van der Waals surface area contributed by atoms with E-state index >= 15 is 0 Å². The zero-order valence-corrected chi connectivity index (χ0v) is 25.2. The molecule has 0 unspecified atom stereocenters. The number of aliphatic carboxylic acids is 1. The van der Waals surface area contributed by atoms with Crippen LogP contribution in [-0.4, -0.2) is 29.1 Å². The average molecular weight is 581 g/mol. The largest absolute Gasteiger partial charge is 0.480 e. The summed E-state index contributed by atoms with van der Waals surface area (Å²) in [6.07, 6.45) is 9.16. The number of ether oxygens (including phenoxy) is 2. The SMILES string of the molecule is CCC(CC)C[C@@H](C)OC(=O)c1ccc(C2C=CC(C(=O)O)(c3ccccc3C(=O)O[C@H](C)c3ccccc3)C=C2)cc1. The molecule has 0 aliphatic heterocycles. The predicted molar refractivity (Wildman–Crippen MR) is 167 cm³/mol. The van der Waals surface area contributed by atoms with Gasteiger partial charge in [0.2, 0.25) is 0 Å². The van der Waals surface area contributed by atoms with Crippen molar-refractivity contribution >= 4 is 17.9 Å². The lowest BCUT2D eigenvalue weighted by Crippen LogP contribution is -2.35. The van der Waals surface area contributed by atoms with Crippen LogP contribution in [0.3, 0.4) is 0 Å². The Morgan fingerprint density at radius 3 is 2.00 bits per heavy atom. The lowest BCUT2D eigenvalue weighted by molar-refractivity contribution is -0.140. The van der Waals surface area contributed by atoms with Crippen molar-refractivity contribution in [2.75, 3.05) is 0 Å². The van der Waals surface area contributed by atoms with Crippen LogP contribution in [0.5, 0.6) is 0 Å². The molecular formula is C37H40O6. The fourth-order valence-corrected chi connectivity index (χ4v) is 5.56. The molecule has 1 aliphatic carbocycles. The van der Waals surface area contributed by atoms with Crippen molar-refractivity contribution in [3.8, 4) is 0 Å². The van der Waals surface area contributed by atoms with Crippen molar-refractivity contribution in [1.29, 1.82) is 0 Å². The van der Waals surface area contributed by atoms with Crippen LogP contribution in [0.2, 0.25) is 0 Å². The second kappa shape index (κ2) is 14.1. The van der Waals surface area contributed by atoms with Crippen molar-refractivity contribution in [2.45, 2.75) is 70.5 Å². The molecule has 0 aromatic heterocycles. The van der Waals surface area contributed by atoms with E-state index in [-0.39, 0.29) is 23.6 Å². The van der Waals surface area contributed by atoms with Gasteiger partial charge in [-0.15, -0.1) is 0 Å². The maximum absolute atomic E-state index is 13.3. The number of esters is 2. The van der Waals surface area contributed by atoms with Crippen LogP contribution in [0.4, 0.5) is 0 Å². The van der Waals surface area contributed by atoms with Crippen molar-refractivity contribution < 1.29 is 29.0 Å². The van der Waals surface area contributed by atoms with E-state index in [2.05, 4.69) is 13.8 Å². The quantitative estimate of drug-likeness (QED) is 0.172. The third-order valence-corrected chi connectivity index (χ3v) is 8.29. The van der Waals surface area contributed by atoms with Crippen molar-refractivity contribution in [3.05, 3.63) is 131 Å². The van der Waals surface area contributed by atoms with Crippen LogP contribution in [-0.2, 0) is 19.7 Å². The molecule has 0 saturated carbocycles. The molecule has 6 heteroatoms. The first-order valence-electron chi connectivity index (χ1n) is 15.0. The number of hydrogen-bond acceptors (Lipinski definition) is 5. The Kier molecular flexibility index (Phi) is 10.4. The molecule has 0 radical (unpaired) electrons. The number of carbonyl (C=O) groups excluding carboxylic acids is 2. The summed E-state index contributed by atoms with van der Waals surface area (Å²) in [5.41, 5.74) is 1.20. The normalized spacial score (nSPS) is 19.0. The summed E-state index contributed by atoms with van der Waals surface area (Å²) in [7, 11) is 0. The van der Waals surface area contributed by atoms with E-state index in [9.17, 15) is 19.5 Å². The third kappa shape index (κ3) is 7.31. The highest BCUT2D eigenvalue weighted by Gasteiger charge is 2.40. The summed E-state index contributed by atoms with van der Waals surface area (Å²) >= 11 is 0. The van der Waals surface area contributed by atoms with Gasteiger partial charge in [0.05, 0.1) is 17.2 Å². The molecule has 0 fully saturated rings. The van der Waals surface area contributed by atoms with Gasteiger partial charge in [-0.2, -0.15) is 0 Å². The minimum absolute atomic E-state index is 0.160. The summed E-state index contributed by atoms with van der Waals surface area (Å²) in [5, 5.41) is 10.4. The van der Waals surface area contributed by atoms with E-state index in [4.69, 9.17) is 9.47 Å². The molecule has 224 valence electrons. The zero-order chi connectivity index (χ0) is 31.0. The van der Waals surface area contributed by atoms with Gasteiger partial charge in [-0.25, -0.2) is 9.59 Å². The number of allylic oxidation sites excluding steroid dienone is 2. The monoisotopic (exact) mass is 580 g/mol. The number of hydrogen-bond donors (Lipinski definition) is 1. The molecule has 0 saturated heterocycles. The molecule has 6 nitrogen and oxygen atoms in total. The molecular weight excluding hydrogens is 540 g/mol. The smallest absolute Gasteiger partial charge is 0.339 e. The minimum atomic E-state index is -1.54. The van der Waals surface area contributed by atoms with E-state index in [1.807, 2.05) is 61.5 Å². The summed E-state index contributed by atoms with van der Waals surface area (Å²) in [4.78, 5) is 38.7. The van der Waals surface area contributed by atoms with Crippen LogP contribution in [0.25, 0.3) is 0 Å². The van der Waals surface area contributed by atoms with Gasteiger partial charge < -0.3 is 14.6 Å². The van der Waals surface area contributed by atoms with Gasteiger partial charge in [0.25, 0.3) is 0 Å². The van der Waals surface area contributed by atoms with Crippen molar-refractivity contribution in [1.82, 2.24) is 0 Å². The Bertz CT molecular complexity index is 1450. The summed E-state index contributed by atoms with van der Waals surface area (Å²) in [6, 6.07) is 23.2. The van der Waals surface area contributed by atoms with Gasteiger partial charge in [0, 0.05) is 5.92 Å². The number of carboxylic acids is 1. The molecule has 1 aliphatic rings. The Labute approximate surface area is 254 Å². The standard InChI is InChI=1S/C37H40O6/c1-5-27(6-2)24-25(3)42-34(38)31-18-16-29(17-19-31)30-20-22-37(23-21-30,36(40)41)33-15-11-10-14-32(33)35(39)43-26(4)28-12-8-7-9-13-28/h7-23,25-27,30H,5-6,24H2,1-4H3,(H,40,41)/t25-,26-,30?,37?/m1/s1. The Morgan fingerprint density at radius 1 is 0.791 bits per heavy atom. The van der Waals surface area contributed by atoms with Crippen LogP contribution in [0.1, 0.15) is 96.4 Å². The van der Waals surface area contributed by atoms with Crippen LogP contribution < -0.4 is 0 Å². The molecule has 3 aromatic rings. The molecule has 3 aromatic carbocycles. The highest BCUT2D eigenvalue weighted by Crippen LogP contribution is 2.38. The lowest BCUT2D eigenvalue weighted by atomic mass is 9.73. The van der Waals surface area contributed by atoms with E-state index in [1.165, 1.54) is 0 Å². The third-order valence-electron chi connectivity index (χ3n) is 8.29. The molecule has 0 amide bonds. The van der Waals surface area contributed by atoms with E-state index in [0.29, 0.717) is 17.0 Å². The molecule has 0 bridgehead atoms. The maximum Gasteiger partial charge on any atom is 0.339 e. The van der Waals surface area contributed by atoms with Gasteiger partial charge in [0.1, 0.15) is 11.5 Å². The Morgan fingerprint density at radius 2 is 1.40 bits per heavy atom. The summed E-state index contributed by atoms with van der Waals surface area (Å²) in [6.45, 7) is 8.01. The van der Waals surface area contributed by atoms with E-state index in [1.54, 1.807) is 55.5 Å². The fourth-order valence-electron chi connectivity index (χ4n) is 5.56. The fraction of sp³-hybridized carbons (Fsp3) is 0.324. The second-order valence-corrected chi connectivity index (χ2v) is 11.2. The first-order valence-corrected chi connectivity index (χ1v) is 15.0. The number of carboxylic acid groups (broad SMARTS) is 1. The van der Waals surface area contributed by atoms with Gasteiger partial charge in [-0.1, -0.05) is 112 Å². The van der Waals surface area contributed by atoms with Crippen LogP contribution in [0, 0.1) is 5.92 Å². The average Bonchev–Trinajstić information content (AvgIpc) is 3.04. The van der Waals surface area contributed by atoms with E-state index in [0.717, 1.165) is 30.4 Å². The van der Waals surface area contributed by atoms with Gasteiger partial charge in [-0.3, -0.25) is 4.79 Å². The molecule has 2 atom stereocenters. The zero-order valence-electron chi connectivity index (χ0n) is 25.2. The second-order valence-electron chi connectivity index (χ2n) is 11.2. The van der Waals surface area contributed by atoms with Gasteiger partial charge >= 0.3 is 17.9 Å². The number of rotatable bonds is 12. The highest BCUT2D eigenvalue weighted by atomic mass is 16.5. The molecule has 0 heterocycles. The molecule has 0 spiro atoms. The van der Waals surface area contributed by atoms with E-state index < -0.39 is 23.5 Å². The summed E-state index contributed by atoms with van der Waals surface area (Å²) < 4.78 is 11.4. The predicted octanol–water partition coefficient (Wildman–Crippen LogP) is 8.21. The maximum atomic E-state index is 13.3. The Hall–Kier alpha value is -4.45. The van der Waals surface area contributed by atoms with Gasteiger partial charge in [0.15, 0.2) is 0 Å². The van der Waals surface area contributed by atoms with Crippen LogP contribution in [0.15, 0.2) is 103 Å². The molecule has 4 rings (SSSR count). The minimum Gasteiger partial charge on any atom is -0.480 e. The number of carbonyl (C=O) groups is 3. The first-order chi connectivity index (χ1) is 20.7. The van der Waals surface area contributed by atoms with Crippen molar-refractivity contribution in [2.24, 2.45) is 5.92 Å². The van der Waals surface area contributed by atoms with Crippen molar-refractivity contribution in [3.63, 3.8) is 0 Å². The van der Waals surface area contributed by atoms with Crippen LogP contribution >= 0.6 is 0 Å². The van der Waals surface area contributed by atoms with Gasteiger partial charge in [-0.05, 0) is 61.1 Å². The Balaban J connectivity index is 1.50. The first kappa shape index (κ1) is 31.5. The lowest BCUT2D eigenvalue weighted by Gasteiger charge is -2.29. The molecule has 1 N–H and O–H groups in total. The molecule has 43 heavy (non-hydrogen) atoms. The summed E-state index contributed by atoms with van der Waals surface area (Å²) in [5.74, 6) is -1.72. The number of benzene rings is 3.